The van der Waals surface area contributed by atoms with Crippen LogP contribution in [0.2, 0.25) is 0 Å². The fourth-order valence-electron chi connectivity index (χ4n) is 1.47. The summed E-state index contributed by atoms with van der Waals surface area (Å²) in [6.07, 6.45) is 0. The van der Waals surface area contributed by atoms with Gasteiger partial charge in [-0.1, -0.05) is 31.9 Å². The van der Waals surface area contributed by atoms with Crippen molar-refractivity contribution in [2.45, 2.75) is 18.7 Å². The zero-order chi connectivity index (χ0) is 13.0. The van der Waals surface area contributed by atoms with Crippen LogP contribution >= 0.6 is 31.9 Å². The summed E-state index contributed by atoms with van der Waals surface area (Å²) in [5, 5.41) is 3.20. The average Bonchev–Trinajstić information content (AvgIpc) is 2.31. The summed E-state index contributed by atoms with van der Waals surface area (Å²) in [6, 6.07) is 4.07. The minimum atomic E-state index is -0.336. The summed E-state index contributed by atoms with van der Waals surface area (Å²) in [4.78, 5) is 10.9. The van der Waals surface area contributed by atoms with Crippen LogP contribution in [0, 0.1) is 13.8 Å². The smallest absolute Gasteiger partial charge is 0.321 e. The van der Waals surface area contributed by atoms with Crippen molar-refractivity contribution in [2.24, 2.45) is 0 Å². The van der Waals surface area contributed by atoms with E-state index in [1.165, 1.54) is 7.11 Å². The Morgan fingerprint density at radius 3 is 2.41 bits per heavy atom. The molecule has 0 radical (unpaired) electrons. The van der Waals surface area contributed by atoms with E-state index in [4.69, 9.17) is 0 Å². The first kappa shape index (κ1) is 14.5. The molecule has 0 heterocycles. The van der Waals surface area contributed by atoms with E-state index in [-0.39, 0.29) is 10.8 Å². The van der Waals surface area contributed by atoms with E-state index in [0.717, 1.165) is 21.3 Å². The first-order valence-corrected chi connectivity index (χ1v) is 6.89. The van der Waals surface area contributed by atoms with Gasteiger partial charge in [-0.3, -0.25) is 4.79 Å². The number of methoxy groups -OCH3 is 1. The number of alkyl halides is 1. The van der Waals surface area contributed by atoms with Gasteiger partial charge in [0.05, 0.1) is 7.11 Å². The van der Waals surface area contributed by atoms with Gasteiger partial charge in [0.25, 0.3) is 0 Å². The largest absolute Gasteiger partial charge is 0.468 e. The van der Waals surface area contributed by atoms with Crippen LogP contribution in [0.4, 0.5) is 5.69 Å². The third kappa shape index (κ3) is 4.00. The van der Waals surface area contributed by atoms with Crippen LogP contribution in [0.3, 0.4) is 0 Å². The molecule has 0 fully saturated rings. The molecule has 0 amide bonds. The van der Waals surface area contributed by atoms with Gasteiger partial charge in [-0.25, -0.2) is 0 Å². The lowest BCUT2D eigenvalue weighted by Gasteiger charge is -2.12. The third-order valence-corrected chi connectivity index (χ3v) is 4.33. The highest BCUT2D eigenvalue weighted by molar-refractivity contribution is 9.10. The van der Waals surface area contributed by atoms with Gasteiger partial charge in [0, 0.05) is 16.7 Å². The number of carbonyl (C=O) groups excluding carboxylic acids is 1. The second-order valence-electron chi connectivity index (χ2n) is 3.80. The minimum absolute atomic E-state index is 0.275. The van der Waals surface area contributed by atoms with E-state index in [0.29, 0.717) is 6.54 Å². The second kappa shape index (κ2) is 6.40. The number of esters is 1. The highest BCUT2D eigenvalue weighted by atomic mass is 79.9. The molecule has 1 aromatic carbocycles. The molecule has 1 unspecified atom stereocenters. The van der Waals surface area contributed by atoms with Crippen molar-refractivity contribution in [2.75, 3.05) is 19.0 Å². The first-order chi connectivity index (χ1) is 7.95. The van der Waals surface area contributed by atoms with E-state index in [1.54, 1.807) is 0 Å². The van der Waals surface area contributed by atoms with E-state index in [1.807, 2.05) is 26.0 Å². The lowest BCUT2D eigenvalue weighted by atomic mass is 10.1. The summed E-state index contributed by atoms with van der Waals surface area (Å²) >= 11 is 6.78. The number of halogens is 2. The molecule has 0 aliphatic rings. The molecule has 1 N–H and O–H groups in total. The number of benzene rings is 1. The molecule has 1 atom stereocenters. The van der Waals surface area contributed by atoms with E-state index in [9.17, 15) is 4.79 Å². The maximum atomic E-state index is 11.2. The number of anilines is 1. The molecule has 1 aromatic rings. The Hall–Kier alpha value is -0.550. The monoisotopic (exact) mass is 363 g/mol. The molecule has 94 valence electrons. The molecule has 1 rings (SSSR count). The van der Waals surface area contributed by atoms with Gasteiger partial charge in [0.1, 0.15) is 4.83 Å². The molecule has 0 aromatic heterocycles. The minimum Gasteiger partial charge on any atom is -0.468 e. The van der Waals surface area contributed by atoms with Crippen LogP contribution in [0.15, 0.2) is 16.6 Å². The molecule has 5 heteroatoms. The molecular formula is C12H15Br2NO2. The average molecular weight is 365 g/mol. The standard InChI is InChI=1S/C12H15Br2NO2/c1-7-4-9(5-8(2)11(7)14)15-6-10(13)12(16)17-3/h4-5,10,15H,6H2,1-3H3. The summed E-state index contributed by atoms with van der Waals surface area (Å²) in [7, 11) is 1.38. The van der Waals surface area contributed by atoms with Gasteiger partial charge in [-0.05, 0) is 37.1 Å². The van der Waals surface area contributed by atoms with Crippen molar-refractivity contribution in [3.8, 4) is 0 Å². The van der Waals surface area contributed by atoms with Crippen LogP contribution in [-0.2, 0) is 9.53 Å². The quantitative estimate of drug-likeness (QED) is 0.657. The zero-order valence-corrected chi connectivity index (χ0v) is 13.2. The van der Waals surface area contributed by atoms with Gasteiger partial charge in [0.2, 0.25) is 0 Å². The Labute approximate surface area is 118 Å². The lowest BCUT2D eigenvalue weighted by molar-refractivity contribution is -0.139. The molecule has 17 heavy (non-hydrogen) atoms. The second-order valence-corrected chi connectivity index (χ2v) is 5.69. The Kier molecular flexibility index (Phi) is 5.46. The van der Waals surface area contributed by atoms with Crippen LogP contribution < -0.4 is 5.32 Å². The fourth-order valence-corrected chi connectivity index (χ4v) is 2.04. The number of hydrogen-bond donors (Lipinski definition) is 1. The van der Waals surface area contributed by atoms with E-state index >= 15 is 0 Å². The fraction of sp³-hybridized carbons (Fsp3) is 0.417. The number of carbonyl (C=O) groups is 1. The SMILES string of the molecule is COC(=O)C(Br)CNc1cc(C)c(Br)c(C)c1. The molecule has 0 saturated carbocycles. The maximum absolute atomic E-state index is 11.2. The Morgan fingerprint density at radius 1 is 1.41 bits per heavy atom. The van der Waals surface area contributed by atoms with Crippen LogP contribution in [-0.4, -0.2) is 24.5 Å². The van der Waals surface area contributed by atoms with Gasteiger partial charge >= 0.3 is 5.97 Å². The Morgan fingerprint density at radius 2 is 1.94 bits per heavy atom. The van der Waals surface area contributed by atoms with Gasteiger partial charge < -0.3 is 10.1 Å². The predicted molar refractivity (Wildman–Crippen MR) is 76.8 cm³/mol. The van der Waals surface area contributed by atoms with Crippen molar-refractivity contribution >= 4 is 43.5 Å². The normalized spacial score (nSPS) is 12.1. The zero-order valence-electron chi connectivity index (χ0n) is 10.0. The molecule has 0 aliphatic carbocycles. The van der Waals surface area contributed by atoms with Crippen molar-refractivity contribution in [3.05, 3.63) is 27.7 Å². The summed E-state index contributed by atoms with van der Waals surface area (Å²) in [5.74, 6) is -0.275. The molecular weight excluding hydrogens is 350 g/mol. The van der Waals surface area contributed by atoms with Crippen molar-refractivity contribution < 1.29 is 9.53 Å². The molecule has 0 spiro atoms. The molecule has 0 bridgehead atoms. The Balaban J connectivity index is 2.67. The number of aryl methyl sites for hydroxylation is 2. The van der Waals surface area contributed by atoms with Crippen LogP contribution in [0.5, 0.6) is 0 Å². The van der Waals surface area contributed by atoms with Gasteiger partial charge in [0.15, 0.2) is 0 Å². The van der Waals surface area contributed by atoms with Crippen LogP contribution in [0.25, 0.3) is 0 Å². The topological polar surface area (TPSA) is 38.3 Å². The number of nitrogens with one attached hydrogen (secondary N) is 1. The number of rotatable bonds is 4. The summed E-state index contributed by atoms with van der Waals surface area (Å²) in [5.41, 5.74) is 3.32. The molecule has 3 nitrogen and oxygen atoms in total. The highest BCUT2D eigenvalue weighted by Crippen LogP contribution is 2.25. The third-order valence-electron chi connectivity index (χ3n) is 2.38. The number of ether oxygens (including phenoxy) is 1. The van der Waals surface area contributed by atoms with Gasteiger partial charge in [-0.15, -0.1) is 0 Å². The Bertz CT molecular complexity index is 398. The van der Waals surface area contributed by atoms with Crippen molar-refractivity contribution in [3.63, 3.8) is 0 Å². The summed E-state index contributed by atoms with van der Waals surface area (Å²) in [6.45, 7) is 4.57. The van der Waals surface area contributed by atoms with E-state index in [2.05, 4.69) is 41.9 Å². The van der Waals surface area contributed by atoms with Crippen molar-refractivity contribution in [1.29, 1.82) is 0 Å². The molecule has 0 aliphatic heterocycles. The van der Waals surface area contributed by atoms with E-state index < -0.39 is 0 Å². The predicted octanol–water partition coefficient (Wildman–Crippen LogP) is 3.41. The van der Waals surface area contributed by atoms with Crippen molar-refractivity contribution in [1.82, 2.24) is 0 Å². The highest BCUT2D eigenvalue weighted by Gasteiger charge is 2.14. The van der Waals surface area contributed by atoms with Gasteiger partial charge in [-0.2, -0.15) is 0 Å². The first-order valence-electron chi connectivity index (χ1n) is 5.18. The van der Waals surface area contributed by atoms with Crippen LogP contribution in [0.1, 0.15) is 11.1 Å². The lowest BCUT2D eigenvalue weighted by Crippen LogP contribution is -2.24. The molecule has 0 saturated heterocycles. The summed E-state index contributed by atoms with van der Waals surface area (Å²) < 4.78 is 5.75. The maximum Gasteiger partial charge on any atom is 0.321 e. The number of hydrogen-bond acceptors (Lipinski definition) is 3.